The second kappa shape index (κ2) is 9.40. The highest BCUT2D eigenvalue weighted by Crippen LogP contribution is 2.37. The van der Waals surface area contributed by atoms with Crippen LogP contribution in [0.25, 0.3) is 0 Å². The van der Waals surface area contributed by atoms with Gasteiger partial charge in [-0.2, -0.15) is 0 Å². The summed E-state index contributed by atoms with van der Waals surface area (Å²) in [6.45, 7) is 0. The predicted octanol–water partition coefficient (Wildman–Crippen LogP) is 5.49. The first-order chi connectivity index (χ1) is 13.6. The molecule has 0 saturated heterocycles. The third-order valence-electron chi connectivity index (χ3n) is 5.60. The van der Waals surface area contributed by atoms with Crippen LogP contribution in [0, 0.1) is 16.0 Å². The zero-order valence-corrected chi connectivity index (χ0v) is 15.9. The minimum Gasteiger partial charge on any atom is -0.299 e. The van der Waals surface area contributed by atoms with E-state index in [4.69, 9.17) is 0 Å². The van der Waals surface area contributed by atoms with Crippen LogP contribution in [0.2, 0.25) is 0 Å². The van der Waals surface area contributed by atoms with Gasteiger partial charge in [0.25, 0.3) is 5.69 Å². The number of ketones is 2. The van der Waals surface area contributed by atoms with Crippen LogP contribution in [0.4, 0.5) is 5.69 Å². The van der Waals surface area contributed by atoms with Crippen molar-refractivity contribution in [2.75, 3.05) is 0 Å². The molecule has 5 heteroatoms. The highest BCUT2D eigenvalue weighted by molar-refractivity contribution is 5.97. The van der Waals surface area contributed by atoms with Gasteiger partial charge in [-0.05, 0) is 18.4 Å². The molecule has 0 spiro atoms. The summed E-state index contributed by atoms with van der Waals surface area (Å²) >= 11 is 0. The molecule has 0 unspecified atom stereocenters. The molecule has 1 aliphatic carbocycles. The van der Waals surface area contributed by atoms with Gasteiger partial charge in [-0.3, -0.25) is 19.7 Å². The number of carbonyl (C=O) groups is 2. The van der Waals surface area contributed by atoms with Gasteiger partial charge in [-0.25, -0.2) is 0 Å². The topological polar surface area (TPSA) is 77.3 Å². The molecule has 28 heavy (non-hydrogen) atoms. The second-order valence-corrected chi connectivity index (χ2v) is 7.48. The number of hydrogen-bond acceptors (Lipinski definition) is 4. The van der Waals surface area contributed by atoms with Crippen molar-refractivity contribution >= 4 is 17.3 Å². The Hall–Kier alpha value is -2.82. The summed E-state index contributed by atoms with van der Waals surface area (Å²) in [4.78, 5) is 36.6. The van der Waals surface area contributed by atoms with Crippen LogP contribution in [0.15, 0.2) is 54.6 Å². The van der Waals surface area contributed by atoms with Crippen LogP contribution in [-0.2, 0) is 4.79 Å². The molecular weight excluding hydrogens is 354 g/mol. The summed E-state index contributed by atoms with van der Waals surface area (Å²) in [7, 11) is 0. The van der Waals surface area contributed by atoms with Gasteiger partial charge >= 0.3 is 0 Å². The molecule has 0 N–H and O–H groups in total. The molecule has 3 rings (SSSR count). The van der Waals surface area contributed by atoms with Crippen molar-refractivity contribution in [3.63, 3.8) is 0 Å². The van der Waals surface area contributed by atoms with Crippen LogP contribution in [0.3, 0.4) is 0 Å². The SMILES string of the molecule is O=C(C[C@H](c1cccc([N+](=O)[O-])c1)[C@H]1CCCCCCC1=O)c1ccccc1. The van der Waals surface area contributed by atoms with E-state index in [9.17, 15) is 19.7 Å². The van der Waals surface area contributed by atoms with E-state index < -0.39 is 4.92 Å². The van der Waals surface area contributed by atoms with Crippen molar-refractivity contribution in [2.24, 2.45) is 5.92 Å². The van der Waals surface area contributed by atoms with Crippen LogP contribution in [-0.4, -0.2) is 16.5 Å². The quantitative estimate of drug-likeness (QED) is 0.378. The van der Waals surface area contributed by atoms with Gasteiger partial charge in [0.2, 0.25) is 0 Å². The average Bonchev–Trinajstić information content (AvgIpc) is 2.70. The van der Waals surface area contributed by atoms with Gasteiger partial charge in [0.15, 0.2) is 5.78 Å². The maximum Gasteiger partial charge on any atom is 0.269 e. The fraction of sp³-hybridized carbons (Fsp3) is 0.391. The Balaban J connectivity index is 1.95. The number of carbonyl (C=O) groups excluding carboxylic acids is 2. The molecule has 146 valence electrons. The normalized spacial score (nSPS) is 18.7. The first-order valence-corrected chi connectivity index (χ1v) is 9.91. The van der Waals surface area contributed by atoms with Gasteiger partial charge in [0.1, 0.15) is 5.78 Å². The maximum absolute atomic E-state index is 12.9. The van der Waals surface area contributed by atoms with Crippen LogP contribution in [0.5, 0.6) is 0 Å². The predicted molar refractivity (Wildman–Crippen MR) is 107 cm³/mol. The Labute approximate surface area is 164 Å². The molecule has 0 bridgehead atoms. The molecule has 0 radical (unpaired) electrons. The van der Waals surface area contributed by atoms with Gasteiger partial charge < -0.3 is 0 Å². The van der Waals surface area contributed by atoms with Crippen molar-refractivity contribution < 1.29 is 14.5 Å². The standard InChI is InChI=1S/C23H25NO4/c25-22-14-7-2-1-6-13-20(22)21(16-23(26)17-9-4-3-5-10-17)18-11-8-12-19(15-18)24(27)28/h3-5,8-12,15,20-21H,1-2,6-7,13-14,16H2/t20-,21-/m1/s1. The molecule has 1 aliphatic rings. The Morgan fingerprint density at radius 3 is 2.54 bits per heavy atom. The Kier molecular flexibility index (Phi) is 6.69. The van der Waals surface area contributed by atoms with E-state index in [1.807, 2.05) is 24.3 Å². The van der Waals surface area contributed by atoms with Crippen molar-refractivity contribution in [1.82, 2.24) is 0 Å². The van der Waals surface area contributed by atoms with Crippen LogP contribution >= 0.6 is 0 Å². The van der Waals surface area contributed by atoms with Crippen LogP contribution < -0.4 is 0 Å². The highest BCUT2D eigenvalue weighted by atomic mass is 16.6. The van der Waals surface area contributed by atoms with E-state index in [0.29, 0.717) is 17.5 Å². The molecule has 0 amide bonds. The van der Waals surface area contributed by atoms with Gasteiger partial charge in [0.05, 0.1) is 4.92 Å². The lowest BCUT2D eigenvalue weighted by molar-refractivity contribution is -0.384. The number of non-ortho nitro benzene ring substituents is 1. The number of nitrogens with zero attached hydrogens (tertiary/aromatic N) is 1. The molecule has 1 saturated carbocycles. The molecule has 2 aromatic rings. The smallest absolute Gasteiger partial charge is 0.269 e. The molecule has 5 nitrogen and oxygen atoms in total. The zero-order valence-electron chi connectivity index (χ0n) is 15.9. The molecule has 2 atom stereocenters. The summed E-state index contributed by atoms with van der Waals surface area (Å²) < 4.78 is 0. The number of Topliss-reactive ketones (excluding diaryl/α,β-unsaturated/α-hetero) is 2. The average molecular weight is 379 g/mol. The lowest BCUT2D eigenvalue weighted by atomic mass is 9.75. The van der Waals surface area contributed by atoms with Crippen molar-refractivity contribution in [2.45, 2.75) is 50.9 Å². The number of hydrogen-bond donors (Lipinski definition) is 0. The fourth-order valence-corrected chi connectivity index (χ4v) is 4.09. The van der Waals surface area contributed by atoms with Gasteiger partial charge in [-0.1, -0.05) is 61.7 Å². The first kappa shape index (κ1) is 19.9. The molecule has 2 aromatic carbocycles. The van der Waals surface area contributed by atoms with Crippen molar-refractivity contribution in [3.8, 4) is 0 Å². The Bertz CT molecular complexity index is 847. The highest BCUT2D eigenvalue weighted by Gasteiger charge is 2.32. The summed E-state index contributed by atoms with van der Waals surface area (Å²) in [6, 6.07) is 15.4. The van der Waals surface area contributed by atoms with Gasteiger partial charge in [-0.15, -0.1) is 0 Å². The lowest BCUT2D eigenvalue weighted by Crippen LogP contribution is -2.26. The summed E-state index contributed by atoms with van der Waals surface area (Å²) in [5, 5.41) is 11.2. The van der Waals surface area contributed by atoms with E-state index in [-0.39, 0.29) is 35.5 Å². The van der Waals surface area contributed by atoms with Crippen molar-refractivity contribution in [3.05, 3.63) is 75.8 Å². The second-order valence-electron chi connectivity index (χ2n) is 7.48. The van der Waals surface area contributed by atoms with Gasteiger partial charge in [0, 0.05) is 42.4 Å². The number of nitro benzene ring substituents is 1. The fourth-order valence-electron chi connectivity index (χ4n) is 4.09. The number of benzene rings is 2. The van der Waals surface area contributed by atoms with E-state index >= 15 is 0 Å². The Morgan fingerprint density at radius 2 is 1.79 bits per heavy atom. The monoisotopic (exact) mass is 379 g/mol. The van der Waals surface area contributed by atoms with E-state index in [1.165, 1.54) is 12.1 Å². The third-order valence-corrected chi connectivity index (χ3v) is 5.60. The molecule has 0 heterocycles. The lowest BCUT2D eigenvalue weighted by Gasteiger charge is -2.28. The molecular formula is C23H25NO4. The van der Waals surface area contributed by atoms with E-state index in [0.717, 1.165) is 32.1 Å². The summed E-state index contributed by atoms with van der Waals surface area (Å²) in [5.41, 5.74) is 1.31. The maximum atomic E-state index is 12.9. The largest absolute Gasteiger partial charge is 0.299 e. The summed E-state index contributed by atoms with van der Waals surface area (Å²) in [5.74, 6) is -0.461. The summed E-state index contributed by atoms with van der Waals surface area (Å²) in [6.07, 6.45) is 5.40. The van der Waals surface area contributed by atoms with Crippen molar-refractivity contribution in [1.29, 1.82) is 0 Å². The molecule has 0 aromatic heterocycles. The number of nitro groups is 1. The van der Waals surface area contributed by atoms with E-state index in [1.54, 1.807) is 18.2 Å². The molecule has 0 aliphatic heterocycles. The minimum atomic E-state index is -0.431. The number of rotatable bonds is 6. The third kappa shape index (κ3) is 4.91. The zero-order chi connectivity index (χ0) is 19.9. The van der Waals surface area contributed by atoms with E-state index in [2.05, 4.69) is 0 Å². The Morgan fingerprint density at radius 1 is 1.04 bits per heavy atom. The first-order valence-electron chi connectivity index (χ1n) is 9.91. The molecule has 1 fully saturated rings. The van der Waals surface area contributed by atoms with Crippen LogP contribution in [0.1, 0.15) is 66.8 Å². The minimum absolute atomic E-state index is 0.00652.